The molecule has 5 nitrogen and oxygen atoms in total. The van der Waals surface area contributed by atoms with E-state index in [9.17, 15) is 4.79 Å². The number of nitrogens with one attached hydrogen (secondary N) is 1. The molecule has 0 radical (unpaired) electrons. The molecule has 1 aliphatic carbocycles. The molecule has 2 aliphatic rings. The predicted molar refractivity (Wildman–Crippen MR) is 136 cm³/mol. The SMILES string of the molecule is COc1cc2c(cc1OC1CCCC1)C(CCCCc1c[nH]c3cc(C)ccc13)N(C=O)CC2. The first-order chi connectivity index (χ1) is 16.7. The molecule has 0 spiro atoms. The Morgan fingerprint density at radius 1 is 1.12 bits per heavy atom. The maximum atomic E-state index is 11.9. The quantitative estimate of drug-likeness (QED) is 0.302. The molecule has 1 saturated carbocycles. The van der Waals surface area contributed by atoms with Crippen molar-refractivity contribution in [3.63, 3.8) is 0 Å². The van der Waals surface area contributed by atoms with Gasteiger partial charge < -0.3 is 19.4 Å². The molecule has 1 aromatic heterocycles. The number of hydrogen-bond donors (Lipinski definition) is 1. The van der Waals surface area contributed by atoms with Crippen molar-refractivity contribution >= 4 is 17.3 Å². The lowest BCUT2D eigenvalue weighted by molar-refractivity contribution is -0.120. The van der Waals surface area contributed by atoms with Crippen molar-refractivity contribution in [3.8, 4) is 11.5 Å². The summed E-state index contributed by atoms with van der Waals surface area (Å²) in [6, 6.07) is 11.0. The summed E-state index contributed by atoms with van der Waals surface area (Å²) in [6.45, 7) is 2.88. The van der Waals surface area contributed by atoms with Crippen molar-refractivity contribution in [2.45, 2.75) is 76.9 Å². The average Bonchev–Trinajstić information content (AvgIpc) is 3.51. The number of aromatic amines is 1. The van der Waals surface area contributed by atoms with Crippen LogP contribution in [0.4, 0.5) is 0 Å². The van der Waals surface area contributed by atoms with E-state index in [0.717, 1.165) is 69.4 Å². The Bertz CT molecular complexity index is 1150. The van der Waals surface area contributed by atoms with Gasteiger partial charge in [0.1, 0.15) is 0 Å². The number of unbranched alkanes of at least 4 members (excludes halogenated alkanes) is 1. The Morgan fingerprint density at radius 3 is 2.76 bits per heavy atom. The van der Waals surface area contributed by atoms with Crippen LogP contribution in [0.25, 0.3) is 10.9 Å². The summed E-state index contributed by atoms with van der Waals surface area (Å²) in [7, 11) is 1.72. The van der Waals surface area contributed by atoms with E-state index in [4.69, 9.17) is 9.47 Å². The fourth-order valence-electron chi connectivity index (χ4n) is 5.77. The highest BCUT2D eigenvalue weighted by Crippen LogP contribution is 2.41. The maximum absolute atomic E-state index is 11.9. The van der Waals surface area contributed by atoms with E-state index in [2.05, 4.69) is 48.4 Å². The molecule has 2 aromatic carbocycles. The Kier molecular flexibility index (Phi) is 6.80. The summed E-state index contributed by atoms with van der Waals surface area (Å²) >= 11 is 0. The highest BCUT2D eigenvalue weighted by atomic mass is 16.5. The Labute approximate surface area is 202 Å². The van der Waals surface area contributed by atoms with Crippen LogP contribution >= 0.6 is 0 Å². The summed E-state index contributed by atoms with van der Waals surface area (Å²) in [5.74, 6) is 1.65. The number of H-pyrrole nitrogens is 1. The van der Waals surface area contributed by atoms with Crippen LogP contribution in [0.15, 0.2) is 36.5 Å². The fourth-order valence-corrected chi connectivity index (χ4v) is 5.77. The molecule has 1 fully saturated rings. The zero-order valence-electron chi connectivity index (χ0n) is 20.4. The van der Waals surface area contributed by atoms with Crippen molar-refractivity contribution in [1.82, 2.24) is 9.88 Å². The van der Waals surface area contributed by atoms with Gasteiger partial charge in [-0.1, -0.05) is 18.6 Å². The van der Waals surface area contributed by atoms with Crippen molar-refractivity contribution in [3.05, 3.63) is 58.8 Å². The lowest BCUT2D eigenvalue weighted by Gasteiger charge is -2.35. The van der Waals surface area contributed by atoms with Crippen molar-refractivity contribution in [2.75, 3.05) is 13.7 Å². The van der Waals surface area contributed by atoms with Crippen LogP contribution in [0.5, 0.6) is 11.5 Å². The van der Waals surface area contributed by atoms with Gasteiger partial charge in [0, 0.05) is 23.6 Å². The number of amides is 1. The zero-order valence-corrected chi connectivity index (χ0v) is 20.4. The number of carbonyl (C=O) groups excluding carboxylic acids is 1. The van der Waals surface area contributed by atoms with Crippen LogP contribution in [-0.2, 0) is 17.6 Å². The summed E-state index contributed by atoms with van der Waals surface area (Å²) in [5, 5.41) is 1.32. The topological polar surface area (TPSA) is 54.6 Å². The van der Waals surface area contributed by atoms with Gasteiger partial charge in [-0.25, -0.2) is 0 Å². The minimum atomic E-state index is 0.101. The van der Waals surface area contributed by atoms with Crippen molar-refractivity contribution in [2.24, 2.45) is 0 Å². The molecule has 0 bridgehead atoms. The molecule has 34 heavy (non-hydrogen) atoms. The number of aryl methyl sites for hydroxylation is 2. The molecule has 1 atom stereocenters. The second kappa shape index (κ2) is 10.1. The third kappa shape index (κ3) is 4.66. The van der Waals surface area contributed by atoms with Crippen LogP contribution in [0, 0.1) is 6.92 Å². The van der Waals surface area contributed by atoms with E-state index >= 15 is 0 Å². The molecule has 5 rings (SSSR count). The molecule has 1 aliphatic heterocycles. The molecule has 1 N–H and O–H groups in total. The Hall–Kier alpha value is -2.95. The van der Waals surface area contributed by atoms with Gasteiger partial charge in [-0.2, -0.15) is 0 Å². The number of nitrogens with zero attached hydrogens (tertiary/aromatic N) is 1. The van der Waals surface area contributed by atoms with Crippen molar-refractivity contribution < 1.29 is 14.3 Å². The number of hydrogen-bond acceptors (Lipinski definition) is 3. The smallest absolute Gasteiger partial charge is 0.210 e. The minimum absolute atomic E-state index is 0.101. The molecule has 3 aromatic rings. The number of fused-ring (bicyclic) bond motifs is 2. The molecular weight excluding hydrogens is 424 g/mol. The van der Waals surface area contributed by atoms with Gasteiger partial charge >= 0.3 is 0 Å². The van der Waals surface area contributed by atoms with Gasteiger partial charge in [0.05, 0.1) is 19.3 Å². The number of carbonyl (C=O) groups is 1. The third-order valence-corrected chi connectivity index (χ3v) is 7.65. The number of rotatable bonds is 9. The van der Waals surface area contributed by atoms with E-state index in [1.54, 1.807) is 7.11 Å². The normalized spacial score (nSPS) is 18.3. The van der Waals surface area contributed by atoms with Gasteiger partial charge in [-0.15, -0.1) is 0 Å². The van der Waals surface area contributed by atoms with Gasteiger partial charge in [-0.05, 0) is 98.7 Å². The van der Waals surface area contributed by atoms with Crippen LogP contribution in [0.2, 0.25) is 0 Å². The molecule has 180 valence electrons. The monoisotopic (exact) mass is 460 g/mol. The van der Waals surface area contributed by atoms with Crippen molar-refractivity contribution in [1.29, 1.82) is 0 Å². The van der Waals surface area contributed by atoms with Crippen LogP contribution < -0.4 is 9.47 Å². The largest absolute Gasteiger partial charge is 0.493 e. The number of benzene rings is 2. The van der Waals surface area contributed by atoms with Gasteiger partial charge in [-0.3, -0.25) is 4.79 Å². The van der Waals surface area contributed by atoms with E-state index in [0.29, 0.717) is 0 Å². The van der Waals surface area contributed by atoms with Gasteiger partial charge in [0.15, 0.2) is 11.5 Å². The van der Waals surface area contributed by atoms with Gasteiger partial charge in [0.2, 0.25) is 6.41 Å². The van der Waals surface area contributed by atoms with E-state index in [1.807, 2.05) is 4.90 Å². The highest BCUT2D eigenvalue weighted by Gasteiger charge is 2.29. The lowest BCUT2D eigenvalue weighted by Crippen LogP contribution is -2.34. The first-order valence-electron chi connectivity index (χ1n) is 12.8. The fraction of sp³-hybridized carbons (Fsp3) is 0.483. The first kappa shape index (κ1) is 22.8. The molecule has 1 unspecified atom stereocenters. The standard InChI is InChI=1S/C29H36N2O3/c1-20-11-12-24-22(18-30-26(24)15-20)7-3-6-10-27-25-17-29(34-23-8-4-5-9-23)28(33-2)16-21(25)13-14-31(27)19-32/h11-12,15-19,23,27,30H,3-10,13-14H2,1-2H3. The molecular formula is C29H36N2O3. The summed E-state index contributed by atoms with van der Waals surface area (Å²) in [6.07, 6.45) is 13.2. The van der Waals surface area contributed by atoms with Crippen LogP contribution in [0.3, 0.4) is 0 Å². The first-order valence-corrected chi connectivity index (χ1v) is 12.8. The summed E-state index contributed by atoms with van der Waals surface area (Å²) in [5.41, 5.74) is 6.38. The van der Waals surface area contributed by atoms with Gasteiger partial charge in [0.25, 0.3) is 0 Å². The zero-order chi connectivity index (χ0) is 23.5. The highest BCUT2D eigenvalue weighted by molar-refractivity contribution is 5.83. The lowest BCUT2D eigenvalue weighted by atomic mass is 9.89. The van der Waals surface area contributed by atoms with E-state index in [1.165, 1.54) is 46.0 Å². The summed E-state index contributed by atoms with van der Waals surface area (Å²) in [4.78, 5) is 17.3. The van der Waals surface area contributed by atoms with E-state index in [-0.39, 0.29) is 12.1 Å². The minimum Gasteiger partial charge on any atom is -0.493 e. The summed E-state index contributed by atoms with van der Waals surface area (Å²) < 4.78 is 12.1. The Balaban J connectivity index is 1.30. The number of aromatic nitrogens is 1. The Morgan fingerprint density at radius 2 is 1.97 bits per heavy atom. The second-order valence-electron chi connectivity index (χ2n) is 9.94. The third-order valence-electron chi connectivity index (χ3n) is 7.65. The average molecular weight is 461 g/mol. The predicted octanol–water partition coefficient (Wildman–Crippen LogP) is 6.27. The molecule has 0 saturated heterocycles. The number of methoxy groups -OCH3 is 1. The van der Waals surface area contributed by atoms with Crippen LogP contribution in [-0.4, -0.2) is 36.1 Å². The number of ether oxygens (including phenoxy) is 2. The molecule has 1 amide bonds. The van der Waals surface area contributed by atoms with Crippen LogP contribution in [0.1, 0.15) is 73.2 Å². The maximum Gasteiger partial charge on any atom is 0.210 e. The second-order valence-corrected chi connectivity index (χ2v) is 9.94. The molecule has 2 heterocycles. The van der Waals surface area contributed by atoms with E-state index < -0.39 is 0 Å². The molecule has 5 heteroatoms.